The van der Waals surface area contributed by atoms with Gasteiger partial charge < -0.3 is 9.47 Å². The van der Waals surface area contributed by atoms with Crippen LogP contribution in [0.4, 0.5) is 0 Å². The third-order valence-corrected chi connectivity index (χ3v) is 3.05. The minimum absolute atomic E-state index is 0.234. The van der Waals surface area contributed by atoms with E-state index in [0.29, 0.717) is 6.54 Å². The van der Waals surface area contributed by atoms with E-state index in [0.717, 1.165) is 11.3 Å². The van der Waals surface area contributed by atoms with Crippen molar-refractivity contribution in [3.05, 3.63) is 29.3 Å². The number of nitrogens with one attached hydrogen (secondary N) is 1. The fourth-order valence-corrected chi connectivity index (χ4v) is 1.98. The van der Waals surface area contributed by atoms with Crippen molar-refractivity contribution >= 4 is 5.97 Å². The average Bonchev–Trinajstić information content (AvgIpc) is 2.37. The van der Waals surface area contributed by atoms with Gasteiger partial charge >= 0.3 is 5.97 Å². The molecule has 1 atom stereocenters. The Labute approximate surface area is 115 Å². The third-order valence-electron chi connectivity index (χ3n) is 3.05. The smallest absolute Gasteiger partial charge is 0.329 e. The summed E-state index contributed by atoms with van der Waals surface area (Å²) in [7, 11) is 1.38. The van der Waals surface area contributed by atoms with E-state index in [2.05, 4.69) is 11.4 Å². The maximum absolute atomic E-state index is 11.8. The summed E-state index contributed by atoms with van der Waals surface area (Å²) in [6, 6.07) is 5.97. The molecule has 0 saturated heterocycles. The van der Waals surface area contributed by atoms with Crippen LogP contribution in [0.15, 0.2) is 18.2 Å². The molecular formula is C15H23NO3. The van der Waals surface area contributed by atoms with Crippen molar-refractivity contribution in [2.24, 2.45) is 0 Å². The number of carbonyl (C=O) groups is 1. The molecule has 0 aromatic heterocycles. The summed E-state index contributed by atoms with van der Waals surface area (Å²) in [6.45, 7) is 8.66. The second-order valence-electron chi connectivity index (χ2n) is 4.91. The highest BCUT2D eigenvalue weighted by Crippen LogP contribution is 2.20. The summed E-state index contributed by atoms with van der Waals surface area (Å²) in [5.41, 5.74) is 1.41. The first-order chi connectivity index (χ1) is 8.92. The quantitative estimate of drug-likeness (QED) is 0.801. The van der Waals surface area contributed by atoms with Crippen LogP contribution in [0, 0.1) is 13.8 Å². The number of carbonyl (C=O) groups excluding carboxylic acids is 1. The molecule has 0 bridgehead atoms. The first kappa shape index (κ1) is 15.5. The van der Waals surface area contributed by atoms with Gasteiger partial charge in [-0.2, -0.15) is 0 Å². The number of methoxy groups -OCH3 is 1. The van der Waals surface area contributed by atoms with Crippen molar-refractivity contribution < 1.29 is 14.3 Å². The molecule has 1 aromatic carbocycles. The Kier molecular flexibility index (Phi) is 5.36. The van der Waals surface area contributed by atoms with Gasteiger partial charge in [-0.25, -0.2) is 4.79 Å². The molecule has 0 fully saturated rings. The van der Waals surface area contributed by atoms with Crippen LogP contribution in [0.2, 0.25) is 0 Å². The fourth-order valence-electron chi connectivity index (χ4n) is 1.98. The third kappa shape index (κ3) is 3.96. The predicted octanol–water partition coefficient (Wildman–Crippen LogP) is 2.22. The van der Waals surface area contributed by atoms with Gasteiger partial charge in [0.15, 0.2) is 0 Å². The second-order valence-corrected chi connectivity index (χ2v) is 4.91. The number of likely N-dealkylation sites (N-methyl/N-ethyl adjacent to an activating group) is 1. The van der Waals surface area contributed by atoms with E-state index in [4.69, 9.17) is 9.47 Å². The van der Waals surface area contributed by atoms with E-state index in [9.17, 15) is 4.79 Å². The number of rotatable bonds is 6. The van der Waals surface area contributed by atoms with Crippen molar-refractivity contribution in [2.75, 3.05) is 20.3 Å². The molecule has 0 aliphatic rings. The number of hydrogen-bond donors (Lipinski definition) is 1. The standard InChI is InChI=1S/C15H23NO3/c1-6-16-15(4,14(17)18-5)10-19-13-8-7-11(2)9-12(13)3/h7-9,16H,6,10H2,1-5H3. The van der Waals surface area contributed by atoms with Gasteiger partial charge in [-0.05, 0) is 38.9 Å². The lowest BCUT2D eigenvalue weighted by molar-refractivity contribution is -0.149. The molecule has 0 heterocycles. The Morgan fingerprint density at radius 2 is 2.05 bits per heavy atom. The highest BCUT2D eigenvalue weighted by Gasteiger charge is 2.34. The van der Waals surface area contributed by atoms with Crippen molar-refractivity contribution in [2.45, 2.75) is 33.2 Å². The van der Waals surface area contributed by atoms with Crippen LogP contribution in [0.3, 0.4) is 0 Å². The number of esters is 1. The Morgan fingerprint density at radius 1 is 1.37 bits per heavy atom. The van der Waals surface area contributed by atoms with Crippen LogP contribution in [-0.2, 0) is 9.53 Å². The Hall–Kier alpha value is -1.55. The van der Waals surface area contributed by atoms with E-state index in [1.165, 1.54) is 12.7 Å². The lowest BCUT2D eigenvalue weighted by Crippen LogP contribution is -2.54. The first-order valence-electron chi connectivity index (χ1n) is 6.46. The van der Waals surface area contributed by atoms with Crippen LogP contribution in [-0.4, -0.2) is 31.8 Å². The molecule has 0 amide bonds. The van der Waals surface area contributed by atoms with E-state index in [1.54, 1.807) is 6.92 Å². The average molecular weight is 265 g/mol. The second kappa shape index (κ2) is 6.57. The molecule has 0 saturated carbocycles. The SMILES string of the molecule is CCNC(C)(COc1ccc(C)cc1C)C(=O)OC. The van der Waals surface area contributed by atoms with Crippen molar-refractivity contribution in [3.63, 3.8) is 0 Å². The highest BCUT2D eigenvalue weighted by atomic mass is 16.5. The topological polar surface area (TPSA) is 47.6 Å². The van der Waals surface area contributed by atoms with Gasteiger partial charge in [-0.15, -0.1) is 0 Å². The molecule has 0 aliphatic heterocycles. The molecule has 19 heavy (non-hydrogen) atoms. The molecule has 106 valence electrons. The zero-order valence-electron chi connectivity index (χ0n) is 12.4. The van der Waals surface area contributed by atoms with Gasteiger partial charge in [0.1, 0.15) is 17.9 Å². The lowest BCUT2D eigenvalue weighted by atomic mass is 10.0. The maximum atomic E-state index is 11.8. The lowest BCUT2D eigenvalue weighted by Gasteiger charge is -2.27. The van der Waals surface area contributed by atoms with E-state index < -0.39 is 5.54 Å². The summed E-state index contributed by atoms with van der Waals surface area (Å²) in [5.74, 6) is 0.470. The van der Waals surface area contributed by atoms with E-state index in [-0.39, 0.29) is 12.6 Å². The van der Waals surface area contributed by atoms with E-state index >= 15 is 0 Å². The summed E-state index contributed by atoms with van der Waals surface area (Å²) in [5, 5.41) is 3.11. The largest absolute Gasteiger partial charge is 0.491 e. The van der Waals surface area contributed by atoms with Crippen LogP contribution >= 0.6 is 0 Å². The zero-order valence-corrected chi connectivity index (χ0v) is 12.4. The Balaban J connectivity index is 2.79. The number of hydrogen-bond acceptors (Lipinski definition) is 4. The van der Waals surface area contributed by atoms with Crippen molar-refractivity contribution in [1.29, 1.82) is 0 Å². The Bertz CT molecular complexity index is 445. The van der Waals surface area contributed by atoms with Gasteiger partial charge in [0.2, 0.25) is 0 Å². The molecule has 0 radical (unpaired) electrons. The van der Waals surface area contributed by atoms with Crippen LogP contribution < -0.4 is 10.1 Å². The highest BCUT2D eigenvalue weighted by molar-refractivity contribution is 5.80. The normalized spacial score (nSPS) is 13.7. The van der Waals surface area contributed by atoms with Crippen molar-refractivity contribution in [1.82, 2.24) is 5.32 Å². The Morgan fingerprint density at radius 3 is 2.58 bits per heavy atom. The monoisotopic (exact) mass is 265 g/mol. The summed E-state index contributed by atoms with van der Waals surface area (Å²) >= 11 is 0. The number of benzene rings is 1. The molecule has 1 N–H and O–H groups in total. The minimum atomic E-state index is -0.833. The van der Waals surface area contributed by atoms with Gasteiger partial charge in [0.25, 0.3) is 0 Å². The minimum Gasteiger partial charge on any atom is -0.491 e. The van der Waals surface area contributed by atoms with Crippen LogP contribution in [0.1, 0.15) is 25.0 Å². The summed E-state index contributed by atoms with van der Waals surface area (Å²) in [4.78, 5) is 11.8. The fraction of sp³-hybridized carbons (Fsp3) is 0.533. The zero-order chi connectivity index (χ0) is 14.5. The molecule has 0 spiro atoms. The van der Waals surface area contributed by atoms with Gasteiger partial charge in [-0.3, -0.25) is 5.32 Å². The summed E-state index contributed by atoms with van der Waals surface area (Å²) < 4.78 is 10.6. The molecule has 1 rings (SSSR count). The van der Waals surface area contributed by atoms with Gasteiger partial charge in [-0.1, -0.05) is 24.6 Å². The van der Waals surface area contributed by atoms with E-state index in [1.807, 2.05) is 32.9 Å². The first-order valence-corrected chi connectivity index (χ1v) is 6.46. The van der Waals surface area contributed by atoms with Gasteiger partial charge in [0.05, 0.1) is 7.11 Å². The molecule has 1 aromatic rings. The van der Waals surface area contributed by atoms with Crippen molar-refractivity contribution in [3.8, 4) is 5.75 Å². The molecule has 0 aliphatic carbocycles. The number of ether oxygens (including phenoxy) is 2. The molecule has 1 unspecified atom stereocenters. The molecular weight excluding hydrogens is 242 g/mol. The molecule has 4 nitrogen and oxygen atoms in total. The summed E-state index contributed by atoms with van der Waals surface area (Å²) in [6.07, 6.45) is 0. The maximum Gasteiger partial charge on any atom is 0.329 e. The number of aryl methyl sites for hydroxylation is 2. The predicted molar refractivity (Wildman–Crippen MR) is 75.5 cm³/mol. The van der Waals surface area contributed by atoms with Crippen LogP contribution in [0.25, 0.3) is 0 Å². The molecule has 4 heteroatoms. The van der Waals surface area contributed by atoms with Gasteiger partial charge in [0, 0.05) is 0 Å². The van der Waals surface area contributed by atoms with Crippen LogP contribution in [0.5, 0.6) is 5.75 Å².